The monoisotopic (exact) mass is 461 g/mol. The Hall–Kier alpha value is -3.60. The molecule has 0 fully saturated rings. The van der Waals surface area contributed by atoms with Crippen LogP contribution in [-0.4, -0.2) is 30.4 Å². The number of halogens is 2. The van der Waals surface area contributed by atoms with Crippen molar-refractivity contribution in [2.45, 2.75) is 19.8 Å². The van der Waals surface area contributed by atoms with Crippen LogP contribution in [0.25, 0.3) is 0 Å². The lowest BCUT2D eigenvalue weighted by molar-refractivity contribution is 0.0981. The lowest BCUT2D eigenvalue weighted by atomic mass is 10.1. The molecule has 1 aromatic heterocycles. The average Bonchev–Trinajstić information content (AvgIpc) is 2.72. The molecule has 168 valence electrons. The molecule has 11 heteroatoms. The van der Waals surface area contributed by atoms with Crippen LogP contribution in [0.3, 0.4) is 0 Å². The molecule has 0 saturated heterocycles. The molecule has 3 aromatic rings. The summed E-state index contributed by atoms with van der Waals surface area (Å²) in [6.45, 7) is 1.87. The van der Waals surface area contributed by atoms with Gasteiger partial charge in [-0.15, -0.1) is 0 Å². The number of carbonyl (C=O) groups is 1. The summed E-state index contributed by atoms with van der Waals surface area (Å²) in [6.07, 6.45) is 2.86. The molecule has 0 bridgehead atoms. The highest BCUT2D eigenvalue weighted by molar-refractivity contribution is 7.92. The maximum absolute atomic E-state index is 14.3. The van der Waals surface area contributed by atoms with Gasteiger partial charge in [-0.2, -0.15) is 4.98 Å². The molecule has 0 aliphatic heterocycles. The molecule has 0 spiro atoms. The van der Waals surface area contributed by atoms with E-state index in [1.807, 2.05) is 6.92 Å². The number of para-hydroxylation sites is 2. The zero-order valence-corrected chi connectivity index (χ0v) is 18.1. The Kier molecular flexibility index (Phi) is 6.98. The van der Waals surface area contributed by atoms with Gasteiger partial charge >= 0.3 is 0 Å². The van der Waals surface area contributed by atoms with Crippen molar-refractivity contribution in [1.82, 2.24) is 9.97 Å². The van der Waals surface area contributed by atoms with Gasteiger partial charge in [-0.3, -0.25) is 9.52 Å². The Morgan fingerprint density at radius 3 is 2.41 bits per heavy atom. The number of hydrogen-bond acceptors (Lipinski definition) is 7. The van der Waals surface area contributed by atoms with Gasteiger partial charge in [0.05, 0.1) is 29.5 Å². The van der Waals surface area contributed by atoms with Crippen LogP contribution in [0, 0.1) is 11.6 Å². The molecule has 0 aliphatic carbocycles. The van der Waals surface area contributed by atoms with Gasteiger partial charge in [-0.1, -0.05) is 19.1 Å². The van der Waals surface area contributed by atoms with E-state index in [0.29, 0.717) is 18.4 Å². The van der Waals surface area contributed by atoms with Gasteiger partial charge in [-0.05, 0) is 36.8 Å². The molecule has 0 unspecified atom stereocenters. The van der Waals surface area contributed by atoms with Crippen molar-refractivity contribution < 1.29 is 22.0 Å². The minimum Gasteiger partial charge on any atom is -0.336 e. The zero-order valence-electron chi connectivity index (χ0n) is 17.3. The van der Waals surface area contributed by atoms with Crippen LogP contribution >= 0.6 is 0 Å². The second kappa shape index (κ2) is 9.69. The van der Waals surface area contributed by atoms with E-state index in [1.54, 1.807) is 12.1 Å². The van der Waals surface area contributed by atoms with Crippen LogP contribution in [0.1, 0.15) is 30.1 Å². The summed E-state index contributed by atoms with van der Waals surface area (Å²) in [5.41, 5.74) is 0.733. The Morgan fingerprint density at radius 2 is 1.72 bits per heavy atom. The highest BCUT2D eigenvalue weighted by Gasteiger charge is 2.14. The number of aromatic nitrogens is 2. The number of anilines is 5. The second-order valence-electron chi connectivity index (χ2n) is 6.93. The minimum atomic E-state index is -3.57. The molecular formula is C21H21F2N5O3S. The summed E-state index contributed by atoms with van der Waals surface area (Å²) in [5, 5.41) is 5.36. The number of Topliss-reactive ketones (excluding diaryl/α,β-unsaturated/α-hetero) is 1. The Balaban J connectivity index is 1.88. The van der Waals surface area contributed by atoms with E-state index in [1.165, 1.54) is 24.3 Å². The van der Waals surface area contributed by atoms with Crippen molar-refractivity contribution in [2.75, 3.05) is 21.6 Å². The molecule has 0 radical (unpaired) electrons. The van der Waals surface area contributed by atoms with E-state index in [4.69, 9.17) is 0 Å². The number of sulfonamides is 1. The number of carbonyl (C=O) groups excluding carboxylic acids is 1. The third-order valence-corrected chi connectivity index (χ3v) is 4.82. The molecule has 0 atom stereocenters. The van der Waals surface area contributed by atoms with Crippen molar-refractivity contribution >= 4 is 44.6 Å². The van der Waals surface area contributed by atoms with Crippen LogP contribution in [-0.2, 0) is 10.0 Å². The van der Waals surface area contributed by atoms with Crippen LogP contribution in [0.5, 0.6) is 0 Å². The summed E-state index contributed by atoms with van der Waals surface area (Å²) in [6, 6.07) is 10.2. The number of nitrogens with zero attached hydrogens (tertiary/aromatic N) is 2. The Labute approximate surface area is 184 Å². The minimum absolute atomic E-state index is 0.0383. The van der Waals surface area contributed by atoms with Crippen LogP contribution in [0.15, 0.2) is 48.7 Å². The first-order valence-electron chi connectivity index (χ1n) is 9.62. The number of ketones is 1. The quantitative estimate of drug-likeness (QED) is 0.399. The van der Waals surface area contributed by atoms with Crippen molar-refractivity contribution in [2.24, 2.45) is 0 Å². The van der Waals surface area contributed by atoms with E-state index in [2.05, 4.69) is 25.3 Å². The number of nitrogens with one attached hydrogen (secondary N) is 3. The number of benzene rings is 2. The molecular weight excluding hydrogens is 440 g/mol. The van der Waals surface area contributed by atoms with Crippen LogP contribution < -0.4 is 15.4 Å². The fourth-order valence-electron chi connectivity index (χ4n) is 2.81. The molecule has 0 saturated carbocycles. The predicted molar refractivity (Wildman–Crippen MR) is 119 cm³/mol. The van der Waals surface area contributed by atoms with Gasteiger partial charge in [0.25, 0.3) is 0 Å². The summed E-state index contributed by atoms with van der Waals surface area (Å²) in [4.78, 5) is 19.9. The molecule has 1 heterocycles. The van der Waals surface area contributed by atoms with E-state index < -0.39 is 21.7 Å². The van der Waals surface area contributed by atoms with Crippen LogP contribution in [0.2, 0.25) is 0 Å². The van der Waals surface area contributed by atoms with Crippen molar-refractivity contribution in [3.63, 3.8) is 0 Å². The van der Waals surface area contributed by atoms with Gasteiger partial charge in [-0.25, -0.2) is 22.2 Å². The van der Waals surface area contributed by atoms with E-state index in [0.717, 1.165) is 18.5 Å². The Bertz CT molecular complexity index is 1250. The van der Waals surface area contributed by atoms with Crippen molar-refractivity contribution in [3.05, 3.63) is 65.9 Å². The van der Waals surface area contributed by atoms with Gasteiger partial charge in [0.15, 0.2) is 17.4 Å². The van der Waals surface area contributed by atoms with Gasteiger partial charge in [0.1, 0.15) is 5.82 Å². The van der Waals surface area contributed by atoms with E-state index in [9.17, 15) is 22.0 Å². The number of hydrogen-bond donors (Lipinski definition) is 3. The lowest BCUT2D eigenvalue weighted by Gasteiger charge is -2.14. The standard InChI is InChI=1S/C21H21F2N5O3S/c1-3-6-19(29)13-9-10-14(22)18(11-13)26-21-24-12-15(23)20(27-21)25-16-7-4-5-8-17(16)28-32(2,30)31/h4-5,7-12,28H,3,6H2,1-2H3,(H2,24,25,26,27). The fraction of sp³-hybridized carbons (Fsp3) is 0.190. The summed E-state index contributed by atoms with van der Waals surface area (Å²) in [7, 11) is -3.57. The van der Waals surface area contributed by atoms with E-state index in [-0.39, 0.29) is 34.6 Å². The zero-order chi connectivity index (χ0) is 23.3. The van der Waals surface area contributed by atoms with Crippen LogP contribution in [0.4, 0.5) is 37.6 Å². The predicted octanol–water partition coefficient (Wildman–Crippen LogP) is 4.60. The summed E-state index contributed by atoms with van der Waals surface area (Å²) < 4.78 is 54.0. The Morgan fingerprint density at radius 1 is 1.00 bits per heavy atom. The second-order valence-corrected chi connectivity index (χ2v) is 8.68. The third kappa shape index (κ3) is 5.97. The first-order chi connectivity index (χ1) is 15.2. The van der Waals surface area contributed by atoms with E-state index >= 15 is 0 Å². The molecule has 2 aromatic carbocycles. The average molecular weight is 461 g/mol. The first kappa shape index (κ1) is 23.1. The van der Waals surface area contributed by atoms with Crippen molar-refractivity contribution in [3.8, 4) is 0 Å². The van der Waals surface area contributed by atoms with Crippen molar-refractivity contribution in [1.29, 1.82) is 0 Å². The molecule has 8 nitrogen and oxygen atoms in total. The summed E-state index contributed by atoms with van der Waals surface area (Å²) >= 11 is 0. The fourth-order valence-corrected chi connectivity index (χ4v) is 3.39. The lowest BCUT2D eigenvalue weighted by Crippen LogP contribution is -2.11. The molecule has 0 aliphatic rings. The highest BCUT2D eigenvalue weighted by atomic mass is 32.2. The topological polar surface area (TPSA) is 113 Å². The SMILES string of the molecule is CCCC(=O)c1ccc(F)c(Nc2ncc(F)c(Nc3ccccc3NS(C)(=O)=O)n2)c1. The molecule has 3 rings (SSSR count). The normalized spacial score (nSPS) is 11.1. The maximum atomic E-state index is 14.3. The third-order valence-electron chi connectivity index (χ3n) is 4.23. The highest BCUT2D eigenvalue weighted by Crippen LogP contribution is 2.27. The molecule has 3 N–H and O–H groups in total. The first-order valence-corrected chi connectivity index (χ1v) is 11.5. The van der Waals surface area contributed by atoms with Gasteiger partial charge in [0.2, 0.25) is 16.0 Å². The van der Waals surface area contributed by atoms with Gasteiger partial charge in [0, 0.05) is 12.0 Å². The largest absolute Gasteiger partial charge is 0.336 e. The maximum Gasteiger partial charge on any atom is 0.229 e. The smallest absolute Gasteiger partial charge is 0.229 e. The van der Waals surface area contributed by atoms with Gasteiger partial charge < -0.3 is 10.6 Å². The molecule has 0 amide bonds. The summed E-state index contributed by atoms with van der Waals surface area (Å²) in [5.74, 6) is -1.96. The molecule has 32 heavy (non-hydrogen) atoms. The number of rotatable bonds is 9.